The maximum Gasteiger partial charge on any atom is 0.402 e. The monoisotopic (exact) mass is 403 g/mol. The minimum atomic E-state index is -3.22. The molecule has 0 fully saturated rings. The Morgan fingerprint density at radius 1 is 1.14 bits per heavy atom. The van der Waals surface area contributed by atoms with Gasteiger partial charge in [-0.05, 0) is 42.3 Å². The summed E-state index contributed by atoms with van der Waals surface area (Å²) in [5.74, 6) is -2.97. The Labute approximate surface area is 162 Å². The number of alkyl halides is 2. The van der Waals surface area contributed by atoms with Crippen molar-refractivity contribution in [3.63, 3.8) is 0 Å². The van der Waals surface area contributed by atoms with E-state index in [9.17, 15) is 22.4 Å². The standard InChI is InChI=1S/C20H13F4N3O2/c1-10-4-16-12(6-20(23,24)29-16)5-13(10)11-2-3-17(26-7-11)27-19(28)18-14(21)8-25-9-15(18)22/h2-5,7-9H,6H2,1H3,(H,26,27,28). The number of aryl methyl sites for hydroxylation is 1. The van der Waals surface area contributed by atoms with E-state index in [-0.39, 0.29) is 11.6 Å². The van der Waals surface area contributed by atoms with Crippen molar-refractivity contribution in [3.05, 3.63) is 71.2 Å². The summed E-state index contributed by atoms with van der Waals surface area (Å²) in [6.45, 7) is 1.75. The zero-order valence-corrected chi connectivity index (χ0v) is 15.0. The summed E-state index contributed by atoms with van der Waals surface area (Å²) in [4.78, 5) is 19.5. The Bertz CT molecular complexity index is 1100. The molecule has 5 nitrogen and oxygen atoms in total. The molecule has 0 atom stereocenters. The number of aromatic nitrogens is 2. The van der Waals surface area contributed by atoms with Crippen LogP contribution in [0, 0.1) is 18.6 Å². The van der Waals surface area contributed by atoms with Crippen molar-refractivity contribution < 1.29 is 27.1 Å². The lowest BCUT2D eigenvalue weighted by atomic mass is 9.98. The quantitative estimate of drug-likeness (QED) is 0.654. The number of hydrogen-bond acceptors (Lipinski definition) is 4. The van der Waals surface area contributed by atoms with Crippen LogP contribution in [0.1, 0.15) is 21.5 Å². The molecule has 4 rings (SSSR count). The predicted molar refractivity (Wildman–Crippen MR) is 95.8 cm³/mol. The number of pyridine rings is 2. The van der Waals surface area contributed by atoms with Crippen LogP contribution in [-0.4, -0.2) is 22.0 Å². The van der Waals surface area contributed by atoms with E-state index >= 15 is 0 Å². The Morgan fingerprint density at radius 3 is 2.52 bits per heavy atom. The SMILES string of the molecule is Cc1cc2c(cc1-c1ccc(NC(=O)c3c(F)cncc3F)nc1)CC(F)(F)O2. The molecular weight excluding hydrogens is 390 g/mol. The van der Waals surface area contributed by atoms with Gasteiger partial charge in [-0.2, -0.15) is 8.78 Å². The van der Waals surface area contributed by atoms with E-state index in [1.807, 2.05) is 0 Å². The van der Waals surface area contributed by atoms with Crippen LogP contribution in [0.3, 0.4) is 0 Å². The van der Waals surface area contributed by atoms with Gasteiger partial charge in [0.05, 0.1) is 18.8 Å². The first kappa shape index (κ1) is 18.9. The first-order valence-corrected chi connectivity index (χ1v) is 8.51. The van der Waals surface area contributed by atoms with Gasteiger partial charge in [-0.15, -0.1) is 0 Å². The second kappa shape index (κ2) is 6.84. The first-order chi connectivity index (χ1) is 13.7. The maximum atomic E-state index is 13.6. The fraction of sp³-hybridized carbons (Fsp3) is 0.150. The molecule has 0 bridgehead atoms. The average Bonchev–Trinajstić information content (AvgIpc) is 2.94. The second-order valence-electron chi connectivity index (χ2n) is 6.56. The van der Waals surface area contributed by atoms with Crippen LogP contribution < -0.4 is 10.1 Å². The molecule has 29 heavy (non-hydrogen) atoms. The van der Waals surface area contributed by atoms with Crippen LogP contribution in [0.25, 0.3) is 11.1 Å². The van der Waals surface area contributed by atoms with E-state index in [4.69, 9.17) is 0 Å². The molecule has 0 radical (unpaired) electrons. The maximum absolute atomic E-state index is 13.6. The van der Waals surface area contributed by atoms with Gasteiger partial charge >= 0.3 is 6.11 Å². The molecule has 3 heterocycles. The lowest BCUT2D eigenvalue weighted by molar-refractivity contribution is -0.159. The fourth-order valence-electron chi connectivity index (χ4n) is 3.12. The number of halogens is 4. The molecule has 0 aliphatic carbocycles. The van der Waals surface area contributed by atoms with Gasteiger partial charge < -0.3 is 10.1 Å². The van der Waals surface area contributed by atoms with Crippen LogP contribution in [0.5, 0.6) is 5.75 Å². The largest absolute Gasteiger partial charge is 0.432 e. The number of amides is 1. The summed E-state index contributed by atoms with van der Waals surface area (Å²) in [7, 11) is 0. The molecule has 3 aromatic rings. The van der Waals surface area contributed by atoms with Crippen LogP contribution in [0.2, 0.25) is 0 Å². The second-order valence-corrected chi connectivity index (χ2v) is 6.56. The van der Waals surface area contributed by atoms with Crippen molar-refractivity contribution in [3.8, 4) is 16.9 Å². The number of rotatable bonds is 3. The van der Waals surface area contributed by atoms with E-state index < -0.39 is 35.6 Å². The summed E-state index contributed by atoms with van der Waals surface area (Å²) in [5, 5.41) is 2.31. The molecule has 1 amide bonds. The zero-order valence-electron chi connectivity index (χ0n) is 15.0. The first-order valence-electron chi connectivity index (χ1n) is 8.51. The third-order valence-electron chi connectivity index (χ3n) is 4.46. The van der Waals surface area contributed by atoms with Crippen molar-refractivity contribution in [2.24, 2.45) is 0 Å². The van der Waals surface area contributed by atoms with E-state index in [1.54, 1.807) is 19.1 Å². The molecular formula is C20H13F4N3O2. The predicted octanol–water partition coefficient (Wildman–Crippen LogP) is 4.51. The summed E-state index contributed by atoms with van der Waals surface area (Å²) in [6.07, 6.45) is -0.841. The number of benzene rings is 1. The molecule has 0 saturated carbocycles. The number of carbonyl (C=O) groups is 1. The number of nitrogens with zero attached hydrogens (tertiary/aromatic N) is 2. The van der Waals surface area contributed by atoms with Gasteiger partial charge in [-0.3, -0.25) is 9.78 Å². The third kappa shape index (κ3) is 3.63. The van der Waals surface area contributed by atoms with Gasteiger partial charge in [-0.1, -0.05) is 0 Å². The zero-order chi connectivity index (χ0) is 20.8. The highest BCUT2D eigenvalue weighted by atomic mass is 19.3. The summed E-state index contributed by atoms with van der Waals surface area (Å²) in [6, 6.07) is 6.21. The van der Waals surface area contributed by atoms with Crippen LogP contribution >= 0.6 is 0 Å². The van der Waals surface area contributed by atoms with Crippen molar-refractivity contribution in [2.45, 2.75) is 19.5 Å². The summed E-state index contributed by atoms with van der Waals surface area (Å²) in [5.41, 5.74) is 1.64. The minimum absolute atomic E-state index is 0.0723. The van der Waals surface area contributed by atoms with E-state index in [0.717, 1.165) is 12.4 Å². The van der Waals surface area contributed by atoms with E-state index in [0.29, 0.717) is 22.3 Å². The Kier molecular flexibility index (Phi) is 4.45. The number of anilines is 1. The Balaban J connectivity index is 1.57. The van der Waals surface area contributed by atoms with E-state index in [1.165, 1.54) is 18.3 Å². The van der Waals surface area contributed by atoms with Crippen LogP contribution in [0.4, 0.5) is 23.4 Å². The van der Waals surface area contributed by atoms with Gasteiger partial charge in [0.2, 0.25) is 0 Å². The van der Waals surface area contributed by atoms with Crippen molar-refractivity contribution in [1.82, 2.24) is 9.97 Å². The molecule has 2 aromatic heterocycles. The Morgan fingerprint density at radius 2 is 1.86 bits per heavy atom. The number of ether oxygens (including phenoxy) is 1. The van der Waals surface area contributed by atoms with Gasteiger partial charge in [0.15, 0.2) is 11.6 Å². The van der Waals surface area contributed by atoms with Crippen LogP contribution in [-0.2, 0) is 6.42 Å². The average molecular weight is 403 g/mol. The lowest BCUT2D eigenvalue weighted by Gasteiger charge is -2.10. The molecule has 1 aliphatic rings. The molecule has 0 spiro atoms. The van der Waals surface area contributed by atoms with Crippen LogP contribution in [0.15, 0.2) is 42.9 Å². The van der Waals surface area contributed by atoms with Gasteiger partial charge in [0.25, 0.3) is 5.91 Å². The normalized spacial score (nSPS) is 14.2. The Hall–Kier alpha value is -3.49. The highest BCUT2D eigenvalue weighted by Crippen LogP contribution is 2.40. The molecule has 1 N–H and O–H groups in total. The topological polar surface area (TPSA) is 64.1 Å². The van der Waals surface area contributed by atoms with Crippen molar-refractivity contribution >= 4 is 11.7 Å². The van der Waals surface area contributed by atoms with E-state index in [2.05, 4.69) is 20.0 Å². The smallest absolute Gasteiger partial charge is 0.402 e. The minimum Gasteiger partial charge on any atom is -0.432 e. The molecule has 1 aromatic carbocycles. The molecule has 0 saturated heterocycles. The highest BCUT2D eigenvalue weighted by molar-refractivity contribution is 6.04. The molecule has 148 valence electrons. The number of nitrogens with one attached hydrogen (secondary N) is 1. The third-order valence-corrected chi connectivity index (χ3v) is 4.46. The molecule has 9 heteroatoms. The molecule has 1 aliphatic heterocycles. The van der Waals surface area contributed by atoms with Crippen molar-refractivity contribution in [1.29, 1.82) is 0 Å². The van der Waals surface area contributed by atoms with Gasteiger partial charge in [-0.25, -0.2) is 13.8 Å². The number of carbonyl (C=O) groups excluding carboxylic acids is 1. The fourth-order valence-corrected chi connectivity index (χ4v) is 3.12. The number of fused-ring (bicyclic) bond motifs is 1. The molecule has 0 unspecified atom stereocenters. The van der Waals surface area contributed by atoms with Gasteiger partial charge in [0.1, 0.15) is 17.1 Å². The van der Waals surface area contributed by atoms with Gasteiger partial charge in [0, 0.05) is 17.3 Å². The lowest BCUT2D eigenvalue weighted by Crippen LogP contribution is -2.20. The van der Waals surface area contributed by atoms with Crippen molar-refractivity contribution in [2.75, 3.05) is 5.32 Å². The highest BCUT2D eigenvalue weighted by Gasteiger charge is 2.40. The summed E-state index contributed by atoms with van der Waals surface area (Å²) < 4.78 is 58.8. The number of hydrogen-bond donors (Lipinski definition) is 1. The summed E-state index contributed by atoms with van der Waals surface area (Å²) >= 11 is 0.